The van der Waals surface area contributed by atoms with Crippen LogP contribution in [-0.2, 0) is 24.2 Å². The van der Waals surface area contributed by atoms with Crippen molar-refractivity contribution in [1.82, 2.24) is 25.4 Å². The summed E-state index contributed by atoms with van der Waals surface area (Å²) in [5.74, 6) is -0.944. The maximum atomic E-state index is 14.0. The van der Waals surface area contributed by atoms with Gasteiger partial charge < -0.3 is 21.7 Å². The molecule has 6 N–H and O–H groups in total. The second-order valence-corrected chi connectivity index (χ2v) is 8.16. The minimum Gasteiger partial charge on any atom is -0.366 e. The van der Waals surface area contributed by atoms with E-state index >= 15 is 0 Å². The molecule has 0 saturated heterocycles. The summed E-state index contributed by atoms with van der Waals surface area (Å²) in [6, 6.07) is 13.5. The van der Waals surface area contributed by atoms with Crippen molar-refractivity contribution < 1.29 is 14.0 Å². The molecule has 1 aromatic heterocycles. The van der Waals surface area contributed by atoms with Gasteiger partial charge in [-0.3, -0.25) is 14.7 Å². The fraction of sp³-hybridized carbons (Fsp3) is 0.304. The maximum Gasteiger partial charge on any atom is 0.288 e. The average molecular weight is 452 g/mol. The lowest BCUT2D eigenvalue weighted by Gasteiger charge is -2.37. The minimum absolute atomic E-state index is 0.00787. The predicted molar refractivity (Wildman–Crippen MR) is 120 cm³/mol. The first-order valence-corrected chi connectivity index (χ1v) is 10.7. The highest BCUT2D eigenvalue weighted by Gasteiger charge is 2.31. The van der Waals surface area contributed by atoms with Gasteiger partial charge in [-0.2, -0.15) is 4.98 Å². The first-order chi connectivity index (χ1) is 15.9. The number of hydrogen-bond acceptors (Lipinski definition) is 6. The smallest absolute Gasteiger partial charge is 0.288 e. The quantitative estimate of drug-likeness (QED) is 0.425. The number of rotatable bonds is 7. The Morgan fingerprint density at radius 2 is 1.91 bits per heavy atom. The van der Waals surface area contributed by atoms with Crippen LogP contribution in [0.15, 0.2) is 48.5 Å². The van der Waals surface area contributed by atoms with E-state index in [0.717, 1.165) is 11.1 Å². The summed E-state index contributed by atoms with van der Waals surface area (Å²) in [6.07, 6.45) is 0.917. The van der Waals surface area contributed by atoms with Gasteiger partial charge in [0.05, 0.1) is 6.04 Å². The Morgan fingerprint density at radius 1 is 1.18 bits per heavy atom. The summed E-state index contributed by atoms with van der Waals surface area (Å²) in [5, 5.41) is 8.92. The molecule has 2 amide bonds. The Balaban J connectivity index is 1.45. The summed E-state index contributed by atoms with van der Waals surface area (Å²) in [4.78, 5) is 31.1. The number of nitrogens with two attached hydrogens (primary N) is 2. The number of nitrogens with one attached hydrogen (secondary N) is 2. The molecule has 172 valence electrons. The number of carbonyl (C=O) groups is 2. The van der Waals surface area contributed by atoms with E-state index in [1.165, 1.54) is 6.07 Å². The van der Waals surface area contributed by atoms with Gasteiger partial charge in [-0.05, 0) is 35.6 Å². The number of nitrogen functional groups attached to an aromatic ring is 1. The molecule has 3 aromatic rings. The highest BCUT2D eigenvalue weighted by molar-refractivity contribution is 5.90. The first kappa shape index (κ1) is 22.4. The molecule has 2 aromatic carbocycles. The third-order valence-corrected chi connectivity index (χ3v) is 5.77. The summed E-state index contributed by atoms with van der Waals surface area (Å²) in [5.41, 5.74) is 14.3. The van der Waals surface area contributed by atoms with Gasteiger partial charge >= 0.3 is 0 Å². The molecule has 9 nitrogen and oxygen atoms in total. The van der Waals surface area contributed by atoms with Crippen molar-refractivity contribution in [3.63, 3.8) is 0 Å². The maximum absolute atomic E-state index is 14.0. The van der Waals surface area contributed by atoms with Gasteiger partial charge in [0.25, 0.3) is 5.91 Å². The van der Waals surface area contributed by atoms with E-state index in [2.05, 4.69) is 20.5 Å². The molecule has 2 atom stereocenters. The summed E-state index contributed by atoms with van der Waals surface area (Å²) in [6.45, 7) is 0.638. The van der Waals surface area contributed by atoms with E-state index in [-0.39, 0.29) is 48.9 Å². The van der Waals surface area contributed by atoms with Gasteiger partial charge in [0.2, 0.25) is 17.7 Å². The summed E-state index contributed by atoms with van der Waals surface area (Å²) in [7, 11) is 0. The van der Waals surface area contributed by atoms with Crippen molar-refractivity contribution in [3.8, 4) is 0 Å². The molecule has 10 heteroatoms. The van der Waals surface area contributed by atoms with Crippen molar-refractivity contribution >= 4 is 17.8 Å². The number of hydrogen-bond donors (Lipinski definition) is 4. The Morgan fingerprint density at radius 3 is 2.64 bits per heavy atom. The monoisotopic (exact) mass is 451 g/mol. The van der Waals surface area contributed by atoms with Gasteiger partial charge in [-0.15, -0.1) is 5.10 Å². The highest BCUT2D eigenvalue weighted by Crippen LogP contribution is 2.24. The van der Waals surface area contributed by atoms with Crippen LogP contribution in [0, 0.1) is 5.82 Å². The number of halogens is 1. The van der Waals surface area contributed by atoms with Gasteiger partial charge in [-0.25, -0.2) is 4.39 Å². The molecule has 2 heterocycles. The van der Waals surface area contributed by atoms with Crippen LogP contribution in [0.3, 0.4) is 0 Å². The molecule has 0 saturated carbocycles. The lowest BCUT2D eigenvalue weighted by molar-refractivity contribution is -0.135. The normalized spacial score (nSPS) is 16.2. The number of benzene rings is 2. The van der Waals surface area contributed by atoms with E-state index in [0.29, 0.717) is 18.5 Å². The number of aromatic amines is 1. The Labute approximate surface area is 190 Å². The average Bonchev–Trinajstić information content (AvgIpc) is 3.24. The third kappa shape index (κ3) is 5.35. The number of aromatic nitrogens is 3. The number of amides is 2. The molecule has 0 spiro atoms. The van der Waals surface area contributed by atoms with Crippen LogP contribution < -0.4 is 16.8 Å². The Hall–Kier alpha value is -3.79. The summed E-state index contributed by atoms with van der Waals surface area (Å²) >= 11 is 0. The molecule has 1 aliphatic rings. The molecule has 0 radical (unpaired) electrons. The number of carbonyl (C=O) groups excluding carboxylic acids is 2. The van der Waals surface area contributed by atoms with Crippen molar-refractivity contribution in [2.75, 3.05) is 12.3 Å². The molecule has 4 rings (SSSR count). The number of fused-ring (bicyclic) bond motifs is 1. The molecule has 0 bridgehead atoms. The van der Waals surface area contributed by atoms with E-state index in [1.807, 2.05) is 24.3 Å². The SMILES string of the molecule is Nc1n[nH]c(C(=O)NCC2Cc3ccccc3CN2C(=O)CC(N)Cc2ccccc2F)n1. The lowest BCUT2D eigenvalue weighted by atomic mass is 9.93. The van der Waals surface area contributed by atoms with Crippen LogP contribution in [0.5, 0.6) is 0 Å². The second kappa shape index (κ2) is 9.78. The summed E-state index contributed by atoms with van der Waals surface area (Å²) < 4.78 is 14.0. The standard InChI is InChI=1S/C23H26FN7O2/c24-19-8-4-3-6-15(19)9-17(25)11-20(32)31-13-16-7-2-1-5-14(16)10-18(31)12-27-22(33)21-28-23(26)30-29-21/h1-8,17-18H,9-13,25H2,(H,27,33)(H3,26,28,29,30). The molecular weight excluding hydrogens is 425 g/mol. The van der Waals surface area contributed by atoms with Crippen molar-refractivity contribution in [2.45, 2.75) is 37.9 Å². The Kier molecular flexibility index (Phi) is 6.64. The number of nitrogens with zero attached hydrogens (tertiary/aromatic N) is 3. The molecule has 0 fully saturated rings. The van der Waals surface area contributed by atoms with Crippen molar-refractivity contribution in [3.05, 3.63) is 76.9 Å². The Bertz CT molecular complexity index is 1150. The lowest BCUT2D eigenvalue weighted by Crippen LogP contribution is -2.51. The second-order valence-electron chi connectivity index (χ2n) is 8.16. The molecule has 33 heavy (non-hydrogen) atoms. The van der Waals surface area contributed by atoms with E-state index in [4.69, 9.17) is 11.5 Å². The van der Waals surface area contributed by atoms with Gasteiger partial charge in [0.1, 0.15) is 5.82 Å². The van der Waals surface area contributed by atoms with Crippen molar-refractivity contribution in [1.29, 1.82) is 0 Å². The van der Waals surface area contributed by atoms with Crippen LogP contribution >= 0.6 is 0 Å². The molecule has 2 unspecified atom stereocenters. The highest BCUT2D eigenvalue weighted by atomic mass is 19.1. The van der Waals surface area contributed by atoms with Crippen LogP contribution in [0.2, 0.25) is 0 Å². The molecular formula is C23H26FN7O2. The molecule has 0 aliphatic carbocycles. The topological polar surface area (TPSA) is 143 Å². The zero-order valence-corrected chi connectivity index (χ0v) is 18.0. The zero-order valence-electron chi connectivity index (χ0n) is 18.0. The minimum atomic E-state index is -0.529. The molecule has 1 aliphatic heterocycles. The van der Waals surface area contributed by atoms with Crippen LogP contribution in [0.25, 0.3) is 0 Å². The van der Waals surface area contributed by atoms with E-state index in [1.54, 1.807) is 23.1 Å². The van der Waals surface area contributed by atoms with Crippen molar-refractivity contribution in [2.24, 2.45) is 5.73 Å². The first-order valence-electron chi connectivity index (χ1n) is 10.7. The van der Waals surface area contributed by atoms with Crippen LogP contribution in [-0.4, -0.2) is 50.5 Å². The van der Waals surface area contributed by atoms with Crippen LogP contribution in [0.1, 0.15) is 33.7 Å². The van der Waals surface area contributed by atoms with E-state index in [9.17, 15) is 14.0 Å². The van der Waals surface area contributed by atoms with E-state index < -0.39 is 11.9 Å². The number of H-pyrrole nitrogens is 1. The van der Waals surface area contributed by atoms with Gasteiger partial charge in [-0.1, -0.05) is 42.5 Å². The largest absolute Gasteiger partial charge is 0.366 e. The number of anilines is 1. The van der Waals surface area contributed by atoms with Crippen LogP contribution in [0.4, 0.5) is 10.3 Å². The fourth-order valence-electron chi connectivity index (χ4n) is 4.09. The van der Waals surface area contributed by atoms with Gasteiger partial charge in [0, 0.05) is 25.6 Å². The predicted octanol–water partition coefficient (Wildman–Crippen LogP) is 1.17. The van der Waals surface area contributed by atoms with Gasteiger partial charge in [0.15, 0.2) is 0 Å². The zero-order chi connectivity index (χ0) is 23.4. The fourth-order valence-corrected chi connectivity index (χ4v) is 4.09. The third-order valence-electron chi connectivity index (χ3n) is 5.77.